The number of benzene rings is 2. The van der Waals surface area contributed by atoms with Crippen molar-refractivity contribution < 1.29 is 9.90 Å². The van der Waals surface area contributed by atoms with E-state index in [0.717, 1.165) is 53.2 Å². The zero-order valence-corrected chi connectivity index (χ0v) is 23.0. The van der Waals surface area contributed by atoms with Gasteiger partial charge in [0, 0.05) is 22.7 Å². The van der Waals surface area contributed by atoms with Crippen LogP contribution in [-0.4, -0.2) is 42.6 Å². The number of aromatic nitrogens is 4. The van der Waals surface area contributed by atoms with E-state index in [0.29, 0.717) is 29.5 Å². The summed E-state index contributed by atoms with van der Waals surface area (Å²) in [6, 6.07) is 13.9. The summed E-state index contributed by atoms with van der Waals surface area (Å²) in [5.74, 6) is 0.843. The second-order valence-electron chi connectivity index (χ2n) is 13.0. The van der Waals surface area contributed by atoms with Crippen molar-refractivity contribution >= 4 is 33.7 Å². The zero-order valence-electron chi connectivity index (χ0n) is 23.0. The van der Waals surface area contributed by atoms with E-state index in [1.165, 1.54) is 12.8 Å². The van der Waals surface area contributed by atoms with E-state index in [9.17, 15) is 14.7 Å². The fourth-order valence-electron chi connectivity index (χ4n) is 6.79. The first-order valence-corrected chi connectivity index (χ1v) is 14.4. The molecular weight excluding hydrogens is 502 g/mol. The van der Waals surface area contributed by atoms with Gasteiger partial charge in [0.05, 0.1) is 28.7 Å². The molecule has 0 bridgehead atoms. The molecular formula is C32H35N5O3. The molecule has 3 saturated carbocycles. The molecule has 1 spiro atoms. The maximum atomic E-state index is 13.4. The first kappa shape index (κ1) is 25.2. The molecule has 4 aromatic rings. The van der Waals surface area contributed by atoms with Crippen LogP contribution in [0.25, 0.3) is 27.8 Å². The molecule has 206 valence electrons. The van der Waals surface area contributed by atoms with Gasteiger partial charge in [0.15, 0.2) is 5.69 Å². The minimum atomic E-state index is -0.959. The van der Waals surface area contributed by atoms with Gasteiger partial charge in [-0.15, -0.1) is 0 Å². The number of rotatable bonds is 7. The molecule has 3 aliphatic rings. The topological polar surface area (TPSA) is 113 Å². The van der Waals surface area contributed by atoms with E-state index < -0.39 is 5.60 Å². The van der Waals surface area contributed by atoms with Crippen molar-refractivity contribution in [2.24, 2.45) is 11.3 Å². The van der Waals surface area contributed by atoms with E-state index in [4.69, 9.17) is 0 Å². The fraction of sp³-hybridized carbons (Fsp3) is 0.438. The molecule has 8 heteroatoms. The maximum Gasteiger partial charge on any atom is 0.272 e. The predicted octanol–water partition coefficient (Wildman–Crippen LogP) is 4.92. The third-order valence-corrected chi connectivity index (χ3v) is 8.88. The highest BCUT2D eigenvalue weighted by Gasteiger charge is 2.54. The van der Waals surface area contributed by atoms with Crippen molar-refractivity contribution in [1.82, 2.24) is 25.3 Å². The molecule has 7 rings (SSSR count). The van der Waals surface area contributed by atoms with Crippen molar-refractivity contribution in [3.05, 3.63) is 75.8 Å². The lowest BCUT2D eigenvalue weighted by atomic mass is 9.49. The fourth-order valence-corrected chi connectivity index (χ4v) is 6.79. The van der Waals surface area contributed by atoms with Crippen LogP contribution < -0.4 is 10.9 Å². The second kappa shape index (κ2) is 9.13. The smallest absolute Gasteiger partial charge is 0.272 e. The predicted molar refractivity (Wildman–Crippen MR) is 155 cm³/mol. The summed E-state index contributed by atoms with van der Waals surface area (Å²) in [7, 11) is 0. The molecule has 0 saturated heterocycles. The van der Waals surface area contributed by atoms with Gasteiger partial charge in [-0.2, -0.15) is 10.2 Å². The molecule has 0 aliphatic heterocycles. The summed E-state index contributed by atoms with van der Waals surface area (Å²) >= 11 is 0. The van der Waals surface area contributed by atoms with Gasteiger partial charge in [0.1, 0.15) is 0 Å². The van der Waals surface area contributed by atoms with Crippen LogP contribution in [0.1, 0.15) is 80.0 Å². The monoisotopic (exact) mass is 537 g/mol. The van der Waals surface area contributed by atoms with Crippen LogP contribution in [0, 0.1) is 11.3 Å². The van der Waals surface area contributed by atoms with Crippen LogP contribution in [-0.2, 0) is 6.54 Å². The largest absolute Gasteiger partial charge is 0.389 e. The van der Waals surface area contributed by atoms with Crippen LogP contribution >= 0.6 is 0 Å². The van der Waals surface area contributed by atoms with Gasteiger partial charge in [-0.3, -0.25) is 14.3 Å². The van der Waals surface area contributed by atoms with Gasteiger partial charge in [-0.05, 0) is 87.5 Å². The molecule has 2 aromatic heterocycles. The van der Waals surface area contributed by atoms with Gasteiger partial charge >= 0.3 is 0 Å². The molecule has 0 radical (unpaired) electrons. The van der Waals surface area contributed by atoms with E-state index in [1.54, 1.807) is 18.5 Å². The van der Waals surface area contributed by atoms with Crippen molar-refractivity contribution in [1.29, 1.82) is 0 Å². The SMILES string of the molecule is CC(C)(O)Cn1nc(C(=O)NC2CC3(C2)CC(c2n[nH]c(=O)c4ccccc24)C3)c2ccc(C=CC3CC3)cc21. The average Bonchev–Trinajstić information content (AvgIpc) is 3.64. The van der Waals surface area contributed by atoms with E-state index in [2.05, 4.69) is 38.8 Å². The molecule has 40 heavy (non-hydrogen) atoms. The summed E-state index contributed by atoms with van der Waals surface area (Å²) in [5.41, 5.74) is 2.44. The molecule has 1 amide bonds. The van der Waals surface area contributed by atoms with E-state index in [1.807, 2.05) is 36.4 Å². The van der Waals surface area contributed by atoms with Gasteiger partial charge in [0.25, 0.3) is 11.5 Å². The summed E-state index contributed by atoms with van der Waals surface area (Å²) in [4.78, 5) is 25.6. The number of aromatic amines is 1. The molecule has 3 aliphatic carbocycles. The van der Waals surface area contributed by atoms with Crippen LogP contribution in [0.2, 0.25) is 0 Å². The lowest BCUT2D eigenvalue weighted by Gasteiger charge is -2.57. The highest BCUT2D eigenvalue weighted by molar-refractivity contribution is 6.05. The summed E-state index contributed by atoms with van der Waals surface area (Å²) in [6.45, 7) is 3.80. The molecule has 2 aromatic carbocycles. The van der Waals surface area contributed by atoms with Gasteiger partial charge in [0.2, 0.25) is 0 Å². The number of fused-ring (bicyclic) bond motifs is 2. The normalized spacial score (nSPS) is 24.5. The van der Waals surface area contributed by atoms with Gasteiger partial charge in [-0.1, -0.05) is 36.4 Å². The van der Waals surface area contributed by atoms with Crippen molar-refractivity contribution in [3.63, 3.8) is 0 Å². The molecule has 8 nitrogen and oxygen atoms in total. The number of nitrogens with zero attached hydrogens (tertiary/aromatic N) is 3. The Balaban J connectivity index is 1.04. The number of hydrogen-bond donors (Lipinski definition) is 3. The number of hydrogen-bond acceptors (Lipinski definition) is 5. The van der Waals surface area contributed by atoms with Crippen molar-refractivity contribution in [3.8, 4) is 0 Å². The molecule has 3 fully saturated rings. The third-order valence-electron chi connectivity index (χ3n) is 8.88. The first-order chi connectivity index (χ1) is 19.2. The van der Waals surface area contributed by atoms with Crippen LogP contribution in [0.3, 0.4) is 0 Å². The van der Waals surface area contributed by atoms with Gasteiger partial charge in [-0.25, -0.2) is 5.10 Å². The quantitative estimate of drug-likeness (QED) is 0.310. The van der Waals surface area contributed by atoms with E-state index in [-0.39, 0.29) is 22.9 Å². The Bertz CT molecular complexity index is 1710. The van der Waals surface area contributed by atoms with Crippen molar-refractivity contribution in [2.75, 3.05) is 0 Å². The Hall–Kier alpha value is -3.78. The Kier molecular flexibility index (Phi) is 5.75. The molecule has 0 atom stereocenters. The lowest BCUT2D eigenvalue weighted by molar-refractivity contribution is -0.0197. The Labute approximate surface area is 232 Å². The Morgan fingerprint density at radius 2 is 1.88 bits per heavy atom. The van der Waals surface area contributed by atoms with Crippen molar-refractivity contribution in [2.45, 2.75) is 76.5 Å². The number of allylic oxidation sites excluding steroid dienone is 1. The summed E-state index contributed by atoms with van der Waals surface area (Å²) < 4.78 is 1.76. The maximum absolute atomic E-state index is 13.4. The third kappa shape index (κ3) is 4.64. The summed E-state index contributed by atoms with van der Waals surface area (Å²) in [6.07, 6.45) is 10.8. The lowest BCUT2D eigenvalue weighted by Crippen LogP contribution is -2.55. The van der Waals surface area contributed by atoms with Gasteiger partial charge < -0.3 is 10.4 Å². The number of carbonyl (C=O) groups is 1. The highest BCUT2D eigenvalue weighted by Crippen LogP contribution is 2.62. The first-order valence-electron chi connectivity index (χ1n) is 14.4. The minimum Gasteiger partial charge on any atom is -0.389 e. The van der Waals surface area contributed by atoms with Crippen LogP contribution in [0.4, 0.5) is 0 Å². The number of carbonyl (C=O) groups excluding carboxylic acids is 1. The van der Waals surface area contributed by atoms with Crippen LogP contribution in [0.15, 0.2) is 53.3 Å². The number of aliphatic hydroxyl groups is 1. The molecule has 0 unspecified atom stereocenters. The number of H-pyrrole nitrogens is 1. The second-order valence-corrected chi connectivity index (χ2v) is 13.0. The zero-order chi connectivity index (χ0) is 27.6. The standard InChI is InChI=1S/C32H35N5O3/c1-31(2,40)18-37-26-13-20(10-9-19-7-8-19)11-12-25(26)28(36-37)30(39)33-22-16-32(17-22)14-21(15-32)27-23-5-3-4-6-24(23)29(38)35-34-27/h3-6,9-13,19,21-22,40H,7-8,14-18H2,1-2H3,(H,33,39)(H,35,38). The average molecular weight is 538 g/mol. The number of amides is 1. The molecule has 2 heterocycles. The van der Waals surface area contributed by atoms with E-state index >= 15 is 0 Å². The highest BCUT2D eigenvalue weighted by atomic mass is 16.3. The molecule has 3 N–H and O–H groups in total. The van der Waals surface area contributed by atoms with Crippen LogP contribution in [0.5, 0.6) is 0 Å². The summed E-state index contributed by atoms with van der Waals surface area (Å²) in [5, 5.41) is 27.9. The minimum absolute atomic E-state index is 0.115. The number of nitrogens with one attached hydrogen (secondary N) is 2. The Morgan fingerprint density at radius 1 is 1.12 bits per heavy atom. The Morgan fingerprint density at radius 3 is 2.60 bits per heavy atom.